The van der Waals surface area contributed by atoms with E-state index in [0.29, 0.717) is 38.6 Å². The van der Waals surface area contributed by atoms with E-state index in [2.05, 4.69) is 20.3 Å². The van der Waals surface area contributed by atoms with Crippen LogP contribution in [0.5, 0.6) is 0 Å². The van der Waals surface area contributed by atoms with Crippen LogP contribution < -0.4 is 10.2 Å². The molecule has 33 heavy (non-hydrogen) atoms. The van der Waals surface area contributed by atoms with Gasteiger partial charge in [-0.15, -0.1) is 5.10 Å². The predicted molar refractivity (Wildman–Crippen MR) is 125 cm³/mol. The van der Waals surface area contributed by atoms with E-state index in [-0.39, 0.29) is 5.91 Å². The summed E-state index contributed by atoms with van der Waals surface area (Å²) in [6.45, 7) is 3.54. The van der Waals surface area contributed by atoms with E-state index < -0.39 is 16.8 Å². The Morgan fingerprint density at radius 2 is 2.03 bits per heavy atom. The number of anilines is 1. The fourth-order valence-electron chi connectivity index (χ4n) is 3.59. The summed E-state index contributed by atoms with van der Waals surface area (Å²) in [6.07, 6.45) is 5.14. The van der Waals surface area contributed by atoms with Crippen molar-refractivity contribution in [3.05, 3.63) is 58.5 Å². The van der Waals surface area contributed by atoms with Gasteiger partial charge in [-0.1, -0.05) is 11.6 Å². The first-order chi connectivity index (χ1) is 15.9. The Balaban J connectivity index is 1.66. The van der Waals surface area contributed by atoms with Crippen LogP contribution in [0, 0.1) is 11.3 Å². The molecule has 3 heterocycles. The quantitative estimate of drug-likeness (QED) is 0.572. The first-order valence-corrected chi connectivity index (χ1v) is 12.3. The highest BCUT2D eigenvalue weighted by Gasteiger charge is 2.25. The molecule has 170 valence electrons. The van der Waals surface area contributed by atoms with Crippen LogP contribution in [-0.2, 0) is 10.8 Å². The lowest BCUT2D eigenvalue weighted by Crippen LogP contribution is -2.29. The number of hydrogen-bond donors (Lipinski definition) is 1. The van der Waals surface area contributed by atoms with Crippen molar-refractivity contribution in [2.75, 3.05) is 24.2 Å². The smallest absolute Gasteiger partial charge is 0.251 e. The molecule has 1 unspecified atom stereocenters. The third kappa shape index (κ3) is 5.05. The molecule has 9 nitrogen and oxygen atoms in total. The largest absolute Gasteiger partial charge is 0.342 e. The van der Waals surface area contributed by atoms with Gasteiger partial charge in [-0.05, 0) is 50.1 Å². The maximum absolute atomic E-state index is 13.0. The minimum Gasteiger partial charge on any atom is -0.342 e. The summed E-state index contributed by atoms with van der Waals surface area (Å²) in [5, 5.41) is 17.0. The van der Waals surface area contributed by atoms with E-state index in [4.69, 9.17) is 21.8 Å². The normalized spacial score (nSPS) is 15.2. The highest BCUT2D eigenvalue weighted by Crippen LogP contribution is 2.23. The van der Waals surface area contributed by atoms with Crippen LogP contribution in [0.1, 0.15) is 47.6 Å². The maximum Gasteiger partial charge on any atom is 0.251 e. The Morgan fingerprint density at radius 1 is 1.27 bits per heavy atom. The number of aromatic nitrogens is 4. The third-order valence-electron chi connectivity index (χ3n) is 5.30. The standard InChI is InChI=1S/C22H22ClN7O2S/c1-14(26-21(31)16-9-17(23)11-18(10-16)33(2)32)20-27-22(29-7-3-4-8-29)28-30(20)19-6-5-15(12-24)13-25-19/h5-6,9-11,13-14H,3-4,7-8H2,1-2H3,(H,26,31)/t14-,33?/m0/s1. The lowest BCUT2D eigenvalue weighted by Gasteiger charge is -2.15. The molecule has 1 aromatic carbocycles. The summed E-state index contributed by atoms with van der Waals surface area (Å²) in [6, 6.07) is 9.55. The molecule has 0 bridgehead atoms. The van der Waals surface area contributed by atoms with Crippen molar-refractivity contribution in [2.45, 2.75) is 30.7 Å². The van der Waals surface area contributed by atoms with E-state index in [1.807, 2.05) is 6.07 Å². The van der Waals surface area contributed by atoms with Crippen molar-refractivity contribution in [1.29, 1.82) is 5.26 Å². The SMILES string of the molecule is C[C@H](NC(=O)c1cc(Cl)cc(S(C)=O)c1)c1nc(N2CCCC2)nn1-c1ccc(C#N)cn1. The summed E-state index contributed by atoms with van der Waals surface area (Å²) < 4.78 is 13.4. The molecule has 0 aliphatic carbocycles. The van der Waals surface area contributed by atoms with E-state index in [1.165, 1.54) is 18.5 Å². The van der Waals surface area contributed by atoms with Gasteiger partial charge in [0.1, 0.15) is 6.07 Å². The zero-order valence-electron chi connectivity index (χ0n) is 18.2. The lowest BCUT2D eigenvalue weighted by molar-refractivity contribution is 0.0937. The van der Waals surface area contributed by atoms with Crippen molar-refractivity contribution < 1.29 is 9.00 Å². The molecular formula is C22H22ClN7O2S. The molecule has 1 aliphatic rings. The van der Waals surface area contributed by atoms with Gasteiger partial charge in [-0.2, -0.15) is 14.9 Å². The zero-order valence-corrected chi connectivity index (χ0v) is 19.7. The minimum absolute atomic E-state index is 0.307. The number of nitrogens with one attached hydrogen (secondary N) is 1. The molecule has 2 atom stereocenters. The van der Waals surface area contributed by atoms with E-state index in [0.717, 1.165) is 25.9 Å². The van der Waals surface area contributed by atoms with Gasteiger partial charge >= 0.3 is 0 Å². The Morgan fingerprint density at radius 3 is 2.67 bits per heavy atom. The number of nitriles is 1. The molecular weight excluding hydrogens is 462 g/mol. The fourth-order valence-corrected chi connectivity index (χ4v) is 4.48. The molecule has 11 heteroatoms. The average molecular weight is 484 g/mol. The predicted octanol–water partition coefficient (Wildman–Crippen LogP) is 3.02. The molecule has 0 radical (unpaired) electrons. The summed E-state index contributed by atoms with van der Waals surface area (Å²) in [4.78, 5) is 24.6. The Hall–Kier alpha value is -3.29. The van der Waals surface area contributed by atoms with Crippen LogP contribution in [0.4, 0.5) is 5.95 Å². The van der Waals surface area contributed by atoms with E-state index in [9.17, 15) is 9.00 Å². The molecule has 1 saturated heterocycles. The van der Waals surface area contributed by atoms with Crippen molar-refractivity contribution in [2.24, 2.45) is 0 Å². The zero-order chi connectivity index (χ0) is 23.5. The minimum atomic E-state index is -1.27. The van der Waals surface area contributed by atoms with Gasteiger partial charge in [0.05, 0.1) is 11.6 Å². The summed E-state index contributed by atoms with van der Waals surface area (Å²) in [7, 11) is -1.27. The Kier molecular flexibility index (Phi) is 6.72. The van der Waals surface area contributed by atoms with Crippen LogP contribution in [0.2, 0.25) is 5.02 Å². The molecule has 2 aromatic heterocycles. The number of halogens is 1. The van der Waals surface area contributed by atoms with Crippen molar-refractivity contribution >= 4 is 34.3 Å². The van der Waals surface area contributed by atoms with Gasteiger partial charge in [-0.3, -0.25) is 9.00 Å². The lowest BCUT2D eigenvalue weighted by atomic mass is 10.2. The van der Waals surface area contributed by atoms with Crippen molar-refractivity contribution in [3.8, 4) is 11.9 Å². The average Bonchev–Trinajstić information content (AvgIpc) is 3.49. The van der Waals surface area contributed by atoms with E-state index >= 15 is 0 Å². The summed E-state index contributed by atoms with van der Waals surface area (Å²) in [5.41, 5.74) is 0.744. The second-order valence-electron chi connectivity index (χ2n) is 7.72. The van der Waals surface area contributed by atoms with Gasteiger partial charge < -0.3 is 10.2 Å². The summed E-state index contributed by atoms with van der Waals surface area (Å²) >= 11 is 6.12. The topological polar surface area (TPSA) is 117 Å². The molecule has 0 saturated carbocycles. The number of rotatable bonds is 6. The van der Waals surface area contributed by atoms with Crippen molar-refractivity contribution in [3.63, 3.8) is 0 Å². The Labute approximate surface area is 198 Å². The number of benzene rings is 1. The van der Waals surface area contributed by atoms with Crippen LogP contribution >= 0.6 is 11.6 Å². The number of nitrogens with zero attached hydrogens (tertiary/aromatic N) is 6. The van der Waals surface area contributed by atoms with Gasteiger partial charge in [0.15, 0.2) is 11.6 Å². The number of carbonyl (C=O) groups excluding carboxylic acids is 1. The second kappa shape index (κ2) is 9.68. The Bertz CT molecular complexity index is 1250. The van der Waals surface area contributed by atoms with Crippen LogP contribution in [0.25, 0.3) is 5.82 Å². The van der Waals surface area contributed by atoms with Gasteiger partial charge in [0.25, 0.3) is 5.91 Å². The van der Waals surface area contributed by atoms with E-state index in [1.54, 1.807) is 35.9 Å². The highest BCUT2D eigenvalue weighted by molar-refractivity contribution is 7.84. The molecule has 1 amide bonds. The van der Waals surface area contributed by atoms with Gasteiger partial charge in [-0.25, -0.2) is 4.98 Å². The molecule has 1 aliphatic heterocycles. The number of pyridine rings is 1. The van der Waals surface area contributed by atoms with Gasteiger partial charge in [0.2, 0.25) is 5.95 Å². The summed E-state index contributed by atoms with van der Waals surface area (Å²) in [5.74, 6) is 1.20. The molecule has 1 fully saturated rings. The van der Waals surface area contributed by atoms with Crippen molar-refractivity contribution in [1.82, 2.24) is 25.1 Å². The van der Waals surface area contributed by atoms with Crippen LogP contribution in [0.3, 0.4) is 0 Å². The first-order valence-electron chi connectivity index (χ1n) is 10.4. The maximum atomic E-state index is 13.0. The molecule has 4 rings (SSSR count). The second-order valence-corrected chi connectivity index (χ2v) is 9.53. The third-order valence-corrected chi connectivity index (χ3v) is 6.42. The first kappa shape index (κ1) is 22.9. The molecule has 1 N–H and O–H groups in total. The van der Waals surface area contributed by atoms with Crippen LogP contribution in [0.15, 0.2) is 41.4 Å². The van der Waals surface area contributed by atoms with Crippen LogP contribution in [-0.4, -0.2) is 49.2 Å². The molecule has 0 spiro atoms. The van der Waals surface area contributed by atoms with Gasteiger partial charge in [0, 0.05) is 51.8 Å². The number of hydrogen-bond acceptors (Lipinski definition) is 7. The number of carbonyl (C=O) groups is 1. The highest BCUT2D eigenvalue weighted by atomic mass is 35.5. The number of amides is 1. The molecule has 3 aromatic rings. The monoisotopic (exact) mass is 483 g/mol. The fraction of sp³-hybridized carbons (Fsp3) is 0.318.